The van der Waals surface area contributed by atoms with Crippen molar-refractivity contribution in [3.8, 4) is 0 Å². The second-order valence-electron chi connectivity index (χ2n) is 9.08. The van der Waals surface area contributed by atoms with Gasteiger partial charge in [0.15, 0.2) is 0 Å². The van der Waals surface area contributed by atoms with Gasteiger partial charge in [0.05, 0.1) is 17.9 Å². The molecule has 0 fully saturated rings. The summed E-state index contributed by atoms with van der Waals surface area (Å²) in [5, 5.41) is 4.43. The van der Waals surface area contributed by atoms with Crippen LogP contribution in [0, 0.1) is 5.92 Å². The Morgan fingerprint density at radius 1 is 1.21 bits per heavy atom. The summed E-state index contributed by atoms with van der Waals surface area (Å²) in [6.07, 6.45) is 8.31. The number of carbonyl (C=O) groups excluding carboxylic acids is 2. The quantitative estimate of drug-likeness (QED) is 0.363. The molecule has 6 nitrogen and oxygen atoms in total. The standard InChI is InChI=1S/C25H29N3O3S2/c1-3-31-25(30)19-15-10-9-13(2)11-18(15)32-24(19)28-22(29)21-20(26)16-12-14-7-5-4-6-8-17(14)27-23(16)33-21/h12-13H,3-11,26H2,1-2H3,(H,28,29). The zero-order valence-corrected chi connectivity index (χ0v) is 20.7. The second-order valence-corrected chi connectivity index (χ2v) is 11.2. The van der Waals surface area contributed by atoms with Crippen molar-refractivity contribution >= 4 is 55.5 Å². The molecule has 3 aromatic heterocycles. The van der Waals surface area contributed by atoms with E-state index in [1.165, 1.54) is 39.5 Å². The monoisotopic (exact) mass is 483 g/mol. The molecule has 0 radical (unpaired) electrons. The fraction of sp³-hybridized carbons (Fsp3) is 0.480. The Hall–Kier alpha value is -2.45. The van der Waals surface area contributed by atoms with Gasteiger partial charge in [0, 0.05) is 16.0 Å². The average molecular weight is 484 g/mol. The van der Waals surface area contributed by atoms with Crippen LogP contribution < -0.4 is 11.1 Å². The summed E-state index contributed by atoms with van der Waals surface area (Å²) in [4.78, 5) is 33.4. The van der Waals surface area contributed by atoms with Crippen LogP contribution in [-0.2, 0) is 30.4 Å². The zero-order valence-electron chi connectivity index (χ0n) is 19.1. The molecular weight excluding hydrogens is 454 g/mol. The van der Waals surface area contributed by atoms with Crippen molar-refractivity contribution in [3.63, 3.8) is 0 Å². The Bertz CT molecular complexity index is 1240. The number of aryl methyl sites for hydroxylation is 2. The number of hydrogen-bond acceptors (Lipinski definition) is 7. The number of nitrogens with two attached hydrogens (primary N) is 1. The van der Waals surface area contributed by atoms with E-state index in [1.807, 2.05) is 0 Å². The van der Waals surface area contributed by atoms with Gasteiger partial charge >= 0.3 is 5.97 Å². The molecule has 8 heteroatoms. The first kappa shape index (κ1) is 22.3. The summed E-state index contributed by atoms with van der Waals surface area (Å²) in [6.45, 7) is 4.31. The fourth-order valence-corrected chi connectivity index (χ4v) is 7.31. The smallest absolute Gasteiger partial charge is 0.341 e. The van der Waals surface area contributed by atoms with Gasteiger partial charge in [-0.2, -0.15) is 0 Å². The molecule has 1 unspecified atom stereocenters. The highest BCUT2D eigenvalue weighted by atomic mass is 32.1. The number of esters is 1. The number of pyridine rings is 1. The average Bonchev–Trinajstić information content (AvgIpc) is 3.19. The number of aromatic nitrogens is 1. The number of ether oxygens (including phenoxy) is 1. The molecule has 1 atom stereocenters. The number of anilines is 2. The highest BCUT2D eigenvalue weighted by molar-refractivity contribution is 7.21. The van der Waals surface area contributed by atoms with E-state index in [-0.39, 0.29) is 11.9 Å². The third-order valence-electron chi connectivity index (χ3n) is 6.67. The third-order valence-corrected chi connectivity index (χ3v) is 8.96. The molecule has 0 bridgehead atoms. The minimum atomic E-state index is -0.366. The van der Waals surface area contributed by atoms with Gasteiger partial charge in [0.1, 0.15) is 14.7 Å². The molecule has 0 aliphatic heterocycles. The molecule has 5 rings (SSSR count). The van der Waals surface area contributed by atoms with E-state index >= 15 is 0 Å². The van der Waals surface area contributed by atoms with E-state index < -0.39 is 0 Å². The molecule has 0 saturated heterocycles. The number of nitrogen functional groups attached to an aromatic ring is 1. The van der Waals surface area contributed by atoms with Gasteiger partial charge in [-0.1, -0.05) is 13.3 Å². The van der Waals surface area contributed by atoms with Crippen LogP contribution >= 0.6 is 22.7 Å². The molecule has 0 aromatic carbocycles. The molecule has 174 valence electrons. The minimum absolute atomic E-state index is 0.289. The second kappa shape index (κ2) is 9.06. The van der Waals surface area contributed by atoms with E-state index in [2.05, 4.69) is 18.3 Å². The van der Waals surface area contributed by atoms with Crippen molar-refractivity contribution in [2.75, 3.05) is 17.7 Å². The van der Waals surface area contributed by atoms with Crippen LogP contribution in [0.4, 0.5) is 10.7 Å². The summed E-state index contributed by atoms with van der Waals surface area (Å²) in [5.74, 6) is -0.0910. The van der Waals surface area contributed by atoms with Gasteiger partial charge in [-0.3, -0.25) is 4.79 Å². The largest absolute Gasteiger partial charge is 0.462 e. The first-order valence-corrected chi connectivity index (χ1v) is 13.4. The van der Waals surface area contributed by atoms with Crippen LogP contribution in [0.2, 0.25) is 0 Å². The zero-order chi connectivity index (χ0) is 23.1. The Balaban J connectivity index is 1.50. The van der Waals surface area contributed by atoms with Crippen molar-refractivity contribution in [3.05, 3.63) is 38.2 Å². The summed E-state index contributed by atoms with van der Waals surface area (Å²) < 4.78 is 5.33. The SMILES string of the molecule is CCOC(=O)c1c(NC(=O)c2sc3nc4c(cc3c2N)CCCCC4)sc2c1CCC(C)C2. The lowest BCUT2D eigenvalue weighted by Gasteiger charge is -2.18. The Morgan fingerprint density at radius 3 is 2.85 bits per heavy atom. The third kappa shape index (κ3) is 4.15. The van der Waals surface area contributed by atoms with Gasteiger partial charge in [0.2, 0.25) is 0 Å². The van der Waals surface area contributed by atoms with E-state index in [0.717, 1.165) is 66.4 Å². The van der Waals surface area contributed by atoms with E-state index in [0.29, 0.717) is 33.7 Å². The molecule has 2 aliphatic rings. The molecule has 3 N–H and O–H groups in total. The number of nitrogens with one attached hydrogen (secondary N) is 1. The number of hydrogen-bond donors (Lipinski definition) is 2. The van der Waals surface area contributed by atoms with Crippen LogP contribution in [0.5, 0.6) is 0 Å². The number of nitrogens with zero attached hydrogens (tertiary/aromatic N) is 1. The lowest BCUT2D eigenvalue weighted by Crippen LogP contribution is -2.16. The lowest BCUT2D eigenvalue weighted by atomic mass is 9.88. The van der Waals surface area contributed by atoms with Gasteiger partial charge in [-0.15, -0.1) is 22.7 Å². The first-order chi connectivity index (χ1) is 16.0. The number of amides is 1. The van der Waals surface area contributed by atoms with Crippen LogP contribution in [0.15, 0.2) is 6.07 Å². The normalized spacial score (nSPS) is 17.8. The van der Waals surface area contributed by atoms with Gasteiger partial charge < -0.3 is 15.8 Å². The maximum atomic E-state index is 13.3. The van der Waals surface area contributed by atoms with Crippen LogP contribution in [0.1, 0.15) is 81.3 Å². The van der Waals surface area contributed by atoms with Crippen molar-refractivity contribution < 1.29 is 14.3 Å². The van der Waals surface area contributed by atoms with Crippen LogP contribution in [0.3, 0.4) is 0 Å². The van der Waals surface area contributed by atoms with E-state index in [9.17, 15) is 9.59 Å². The highest BCUT2D eigenvalue weighted by Gasteiger charge is 2.30. The molecular formula is C25H29N3O3S2. The number of rotatable bonds is 4. The maximum absolute atomic E-state index is 13.3. The summed E-state index contributed by atoms with van der Waals surface area (Å²) in [6, 6.07) is 2.13. The summed E-state index contributed by atoms with van der Waals surface area (Å²) in [7, 11) is 0. The molecule has 3 heterocycles. The van der Waals surface area contributed by atoms with Gasteiger partial charge in [-0.25, -0.2) is 9.78 Å². The minimum Gasteiger partial charge on any atom is -0.462 e. The Kier molecular flexibility index (Phi) is 6.14. The van der Waals surface area contributed by atoms with Gasteiger partial charge in [-0.05, 0) is 75.0 Å². The molecule has 33 heavy (non-hydrogen) atoms. The topological polar surface area (TPSA) is 94.3 Å². The van der Waals surface area contributed by atoms with Crippen LogP contribution in [-0.4, -0.2) is 23.5 Å². The van der Waals surface area contributed by atoms with E-state index in [4.69, 9.17) is 15.5 Å². The Morgan fingerprint density at radius 2 is 2.03 bits per heavy atom. The molecule has 0 saturated carbocycles. The predicted molar refractivity (Wildman–Crippen MR) is 135 cm³/mol. The number of carbonyl (C=O) groups is 2. The molecule has 0 spiro atoms. The first-order valence-electron chi connectivity index (χ1n) is 11.8. The molecule has 1 amide bonds. The number of fused-ring (bicyclic) bond motifs is 3. The highest BCUT2D eigenvalue weighted by Crippen LogP contribution is 2.41. The lowest BCUT2D eigenvalue weighted by molar-refractivity contribution is 0.0526. The van der Waals surface area contributed by atoms with Crippen molar-refractivity contribution in [2.45, 2.75) is 65.2 Å². The van der Waals surface area contributed by atoms with Crippen molar-refractivity contribution in [1.29, 1.82) is 0 Å². The molecule has 2 aliphatic carbocycles. The fourth-order valence-electron chi connectivity index (χ4n) is 4.92. The van der Waals surface area contributed by atoms with Crippen molar-refractivity contribution in [1.82, 2.24) is 4.98 Å². The van der Waals surface area contributed by atoms with Gasteiger partial charge in [0.25, 0.3) is 5.91 Å². The summed E-state index contributed by atoms with van der Waals surface area (Å²) in [5.41, 5.74) is 10.9. The molecule has 3 aromatic rings. The van der Waals surface area contributed by atoms with Crippen molar-refractivity contribution in [2.24, 2.45) is 5.92 Å². The van der Waals surface area contributed by atoms with E-state index in [1.54, 1.807) is 6.92 Å². The Labute approximate surface area is 201 Å². The maximum Gasteiger partial charge on any atom is 0.341 e. The predicted octanol–water partition coefficient (Wildman–Crippen LogP) is 5.76. The summed E-state index contributed by atoms with van der Waals surface area (Å²) >= 11 is 2.82. The number of thiophene rings is 2. The van der Waals surface area contributed by atoms with Crippen LogP contribution in [0.25, 0.3) is 10.2 Å².